The molecule has 22 heavy (non-hydrogen) atoms. The number of rotatable bonds is 2. The van der Waals surface area contributed by atoms with Crippen LogP contribution in [0.5, 0.6) is 0 Å². The van der Waals surface area contributed by atoms with Crippen LogP contribution in [0.25, 0.3) is 0 Å². The number of aliphatic hydroxyl groups is 1. The van der Waals surface area contributed by atoms with Crippen molar-refractivity contribution in [1.29, 1.82) is 0 Å². The minimum Gasteiger partial charge on any atom is -0.391 e. The molecule has 1 N–H and O–H groups in total. The Morgan fingerprint density at radius 3 is 2.68 bits per heavy atom. The van der Waals surface area contributed by atoms with Crippen molar-refractivity contribution < 1.29 is 9.90 Å². The first-order valence-corrected chi connectivity index (χ1v) is 9.45. The van der Waals surface area contributed by atoms with Crippen molar-refractivity contribution in [2.24, 2.45) is 23.2 Å². The van der Waals surface area contributed by atoms with Gasteiger partial charge in [-0.25, -0.2) is 0 Å². The lowest BCUT2D eigenvalue weighted by Gasteiger charge is -2.71. The zero-order valence-corrected chi connectivity index (χ0v) is 13.5. The fraction of sp³-hybridized carbons (Fsp3) is 0.632. The molecule has 2 unspecified atom stereocenters. The first kappa shape index (κ1) is 13.6. The molecule has 0 heterocycles. The molecule has 6 atom stereocenters. The van der Waals surface area contributed by atoms with Gasteiger partial charge in [0.25, 0.3) is 0 Å². The third-order valence-electron chi connectivity index (χ3n) is 7.20. The summed E-state index contributed by atoms with van der Waals surface area (Å²) in [6, 6.07) is 10.3. The molecule has 5 bridgehead atoms. The smallest absolute Gasteiger partial charge is 0.155 e. The van der Waals surface area contributed by atoms with Gasteiger partial charge >= 0.3 is 0 Å². The Kier molecular flexibility index (Phi) is 2.72. The van der Waals surface area contributed by atoms with E-state index in [1.807, 2.05) is 18.2 Å². The van der Waals surface area contributed by atoms with Gasteiger partial charge in [0.1, 0.15) is 4.75 Å². The Bertz CT molecular complexity index is 626. The number of carbonyl (C=O) groups is 1. The molecule has 1 aromatic rings. The van der Waals surface area contributed by atoms with Crippen LogP contribution in [0.2, 0.25) is 0 Å². The fourth-order valence-electron chi connectivity index (χ4n) is 6.31. The summed E-state index contributed by atoms with van der Waals surface area (Å²) < 4.78 is -0.554. The van der Waals surface area contributed by atoms with E-state index in [4.69, 9.17) is 0 Å². The second-order valence-corrected chi connectivity index (χ2v) is 9.14. The Morgan fingerprint density at radius 2 is 1.86 bits per heavy atom. The van der Waals surface area contributed by atoms with Gasteiger partial charge in [0, 0.05) is 10.8 Å². The number of ketones is 1. The van der Waals surface area contributed by atoms with Gasteiger partial charge in [-0.15, -0.1) is 11.8 Å². The summed E-state index contributed by atoms with van der Waals surface area (Å²) in [6.45, 7) is 0. The predicted molar refractivity (Wildman–Crippen MR) is 86.6 cm³/mol. The molecule has 7 rings (SSSR count). The molecule has 6 aliphatic carbocycles. The molecule has 0 aromatic heterocycles. The Morgan fingerprint density at radius 1 is 1.09 bits per heavy atom. The SMILES string of the molecule is O=C1[C@H]2CC[C@]34CC[C@H](CC3C2)[C@H](O)C14Sc1ccccc1. The number of fused-ring (bicyclic) bond motifs is 2. The molecule has 2 nitrogen and oxygen atoms in total. The number of hydrogen-bond acceptors (Lipinski definition) is 3. The monoisotopic (exact) mass is 314 g/mol. The fourth-order valence-corrected chi connectivity index (χ4v) is 8.13. The summed E-state index contributed by atoms with van der Waals surface area (Å²) in [5.41, 5.74) is 0.0630. The summed E-state index contributed by atoms with van der Waals surface area (Å²) in [7, 11) is 0. The molecule has 6 fully saturated rings. The number of thioether (sulfide) groups is 1. The van der Waals surface area contributed by atoms with Crippen LogP contribution in [-0.2, 0) is 4.79 Å². The van der Waals surface area contributed by atoms with Crippen molar-refractivity contribution in [2.75, 3.05) is 0 Å². The van der Waals surface area contributed by atoms with E-state index in [-0.39, 0.29) is 11.3 Å². The van der Waals surface area contributed by atoms with Crippen molar-refractivity contribution >= 4 is 17.5 Å². The zero-order valence-electron chi connectivity index (χ0n) is 12.7. The minimum atomic E-state index is -0.554. The van der Waals surface area contributed by atoms with Crippen LogP contribution in [0.15, 0.2) is 35.2 Å². The number of aliphatic hydroxyl groups excluding tert-OH is 1. The Labute approximate surface area is 135 Å². The van der Waals surface area contributed by atoms with Gasteiger partial charge in [0.05, 0.1) is 6.10 Å². The molecule has 3 heteroatoms. The standard InChI is InChI=1S/C19H22O2S/c20-16-12-6-8-18-9-7-13(11-14(18)10-12)17(21)19(16,18)22-15-4-2-1-3-5-15/h1-5,12-14,16,20H,6-11H2/t12-,13+,14?,16+,18-,19?/m1/s1. The third-order valence-corrected chi connectivity index (χ3v) is 8.88. The minimum absolute atomic E-state index is 0.0630. The van der Waals surface area contributed by atoms with Gasteiger partial charge in [-0.3, -0.25) is 4.79 Å². The lowest BCUT2D eigenvalue weighted by molar-refractivity contribution is -0.192. The number of hydrogen-bond donors (Lipinski definition) is 1. The molecule has 1 spiro atoms. The Balaban J connectivity index is 1.68. The number of Topliss-reactive ketones (excluding diaryl/α,β-unsaturated/α-hetero) is 1. The maximum atomic E-state index is 13.3. The second kappa shape index (κ2) is 4.39. The zero-order chi connectivity index (χ0) is 14.9. The van der Waals surface area contributed by atoms with Crippen LogP contribution < -0.4 is 0 Å². The molecular weight excluding hydrogens is 292 g/mol. The van der Waals surface area contributed by atoms with E-state index in [1.54, 1.807) is 11.8 Å². The predicted octanol–water partition coefficient (Wildman–Crippen LogP) is 3.68. The quantitative estimate of drug-likeness (QED) is 0.905. The van der Waals surface area contributed by atoms with Crippen molar-refractivity contribution in [1.82, 2.24) is 0 Å². The highest BCUT2D eigenvalue weighted by Gasteiger charge is 2.75. The first-order chi connectivity index (χ1) is 10.7. The molecule has 6 saturated carbocycles. The van der Waals surface area contributed by atoms with Gasteiger partial charge < -0.3 is 5.11 Å². The average molecular weight is 314 g/mol. The molecular formula is C19H22O2S. The van der Waals surface area contributed by atoms with Crippen LogP contribution in [0.4, 0.5) is 0 Å². The summed E-state index contributed by atoms with van der Waals surface area (Å²) in [6.07, 6.45) is 6.28. The summed E-state index contributed by atoms with van der Waals surface area (Å²) in [5.74, 6) is 1.59. The Hall–Kier alpha value is -0.800. The lowest BCUT2D eigenvalue weighted by atomic mass is 9.38. The summed E-state index contributed by atoms with van der Waals surface area (Å²) >= 11 is 1.70. The van der Waals surface area contributed by atoms with E-state index in [1.165, 1.54) is 0 Å². The molecule has 0 saturated heterocycles. The topological polar surface area (TPSA) is 37.3 Å². The normalized spacial score (nSPS) is 48.7. The van der Waals surface area contributed by atoms with Crippen molar-refractivity contribution in [3.05, 3.63) is 30.3 Å². The van der Waals surface area contributed by atoms with Crippen molar-refractivity contribution in [3.63, 3.8) is 0 Å². The first-order valence-electron chi connectivity index (χ1n) is 8.64. The van der Waals surface area contributed by atoms with E-state index in [0.29, 0.717) is 17.6 Å². The second-order valence-electron chi connectivity index (χ2n) is 7.82. The molecule has 1 aromatic carbocycles. The molecule has 0 radical (unpaired) electrons. The van der Waals surface area contributed by atoms with E-state index in [9.17, 15) is 9.90 Å². The van der Waals surface area contributed by atoms with Gasteiger partial charge in [-0.2, -0.15) is 0 Å². The highest BCUT2D eigenvalue weighted by molar-refractivity contribution is 8.01. The molecule has 6 aliphatic rings. The van der Waals surface area contributed by atoms with Crippen molar-refractivity contribution in [2.45, 2.75) is 54.3 Å². The number of carbonyl (C=O) groups excluding carboxylic acids is 1. The van der Waals surface area contributed by atoms with Crippen LogP contribution in [0, 0.1) is 23.2 Å². The largest absolute Gasteiger partial charge is 0.391 e. The van der Waals surface area contributed by atoms with E-state index < -0.39 is 10.9 Å². The summed E-state index contributed by atoms with van der Waals surface area (Å²) in [5, 5.41) is 11.2. The molecule has 0 aliphatic heterocycles. The van der Waals surface area contributed by atoms with E-state index in [0.717, 1.165) is 43.4 Å². The van der Waals surface area contributed by atoms with Gasteiger partial charge in [0.2, 0.25) is 0 Å². The van der Waals surface area contributed by atoms with Gasteiger partial charge in [-0.05, 0) is 67.9 Å². The van der Waals surface area contributed by atoms with Crippen LogP contribution in [0.1, 0.15) is 38.5 Å². The highest BCUT2D eigenvalue weighted by atomic mass is 32.2. The maximum Gasteiger partial charge on any atom is 0.155 e. The van der Waals surface area contributed by atoms with Crippen LogP contribution >= 0.6 is 11.8 Å². The van der Waals surface area contributed by atoms with Gasteiger partial charge in [0.15, 0.2) is 5.78 Å². The molecule has 0 amide bonds. The van der Waals surface area contributed by atoms with E-state index >= 15 is 0 Å². The third kappa shape index (κ3) is 1.41. The van der Waals surface area contributed by atoms with Crippen molar-refractivity contribution in [3.8, 4) is 0 Å². The summed E-state index contributed by atoms with van der Waals surface area (Å²) in [4.78, 5) is 14.5. The molecule has 116 valence electrons. The average Bonchev–Trinajstić information content (AvgIpc) is 2.56. The van der Waals surface area contributed by atoms with Gasteiger partial charge in [-0.1, -0.05) is 18.2 Å². The van der Waals surface area contributed by atoms with E-state index in [2.05, 4.69) is 12.1 Å². The number of benzene rings is 1. The van der Waals surface area contributed by atoms with Crippen LogP contribution in [0.3, 0.4) is 0 Å². The maximum absolute atomic E-state index is 13.3. The lowest BCUT2D eigenvalue weighted by Crippen LogP contribution is -2.75. The highest BCUT2D eigenvalue weighted by Crippen LogP contribution is 2.73. The van der Waals surface area contributed by atoms with Crippen LogP contribution in [-0.4, -0.2) is 21.7 Å².